The zero-order valence-corrected chi connectivity index (χ0v) is 11.9. The zero-order valence-electron chi connectivity index (χ0n) is 11.9. The number of hydrogen-bond acceptors (Lipinski definition) is 2. The predicted molar refractivity (Wildman–Crippen MR) is 88.6 cm³/mol. The lowest BCUT2D eigenvalue weighted by Crippen LogP contribution is -2.11. The van der Waals surface area contributed by atoms with Crippen LogP contribution in [0.4, 0.5) is 0 Å². The Morgan fingerprint density at radius 1 is 0.857 bits per heavy atom. The second-order valence-electron chi connectivity index (χ2n) is 4.85. The Balaban J connectivity index is 2.21. The van der Waals surface area contributed by atoms with Crippen LogP contribution in [0.1, 0.15) is 27.8 Å². The quantitative estimate of drug-likeness (QED) is 0.393. The van der Waals surface area contributed by atoms with Crippen LogP contribution < -0.4 is 11.5 Å². The topological polar surface area (TPSA) is 99.7 Å². The number of benzene rings is 2. The smallest absolute Gasteiger partial charge is 0.122 e. The van der Waals surface area contributed by atoms with Gasteiger partial charge in [-0.2, -0.15) is 0 Å². The number of nitrogens with two attached hydrogens (primary N) is 2. The molecule has 0 aliphatic heterocycles. The minimum atomic E-state index is 0.0706. The van der Waals surface area contributed by atoms with Gasteiger partial charge in [0.2, 0.25) is 0 Å². The van der Waals surface area contributed by atoms with Crippen LogP contribution in [0.3, 0.4) is 0 Å². The third-order valence-electron chi connectivity index (χ3n) is 3.26. The van der Waals surface area contributed by atoms with Crippen LogP contribution in [-0.4, -0.2) is 11.7 Å². The molecule has 4 heteroatoms. The lowest BCUT2D eigenvalue weighted by molar-refractivity contribution is 1.38. The molecule has 4 nitrogen and oxygen atoms in total. The van der Waals surface area contributed by atoms with Crippen molar-refractivity contribution >= 4 is 23.8 Å². The van der Waals surface area contributed by atoms with Crippen molar-refractivity contribution in [2.45, 2.75) is 6.92 Å². The molecule has 0 atom stereocenters. The summed E-state index contributed by atoms with van der Waals surface area (Å²) in [5, 5.41) is 14.8. The predicted octanol–water partition coefficient (Wildman–Crippen LogP) is 2.73. The molecule has 6 N–H and O–H groups in total. The number of amidine groups is 2. The van der Waals surface area contributed by atoms with E-state index in [-0.39, 0.29) is 11.7 Å². The molecule has 0 spiro atoms. The van der Waals surface area contributed by atoms with E-state index in [1.54, 1.807) is 0 Å². The normalized spacial score (nSPS) is 10.7. The Morgan fingerprint density at radius 2 is 1.43 bits per heavy atom. The first-order chi connectivity index (χ1) is 9.97. The Kier molecular flexibility index (Phi) is 4.18. The van der Waals surface area contributed by atoms with Crippen LogP contribution in [0, 0.1) is 17.7 Å². The van der Waals surface area contributed by atoms with Crippen LogP contribution in [0.5, 0.6) is 0 Å². The summed E-state index contributed by atoms with van der Waals surface area (Å²) < 4.78 is 0. The van der Waals surface area contributed by atoms with Crippen molar-refractivity contribution in [1.29, 1.82) is 10.8 Å². The average molecular weight is 278 g/mol. The standard InChI is InChI=1S/C17H18N4/c1-11-10-15(17(20)21)9-8-13(11)5-2-12-3-6-14(7-4-12)16(18)19/h2-10H,1H3,(H3,18,19)(H3,20,21)/b5-2-. The van der Waals surface area contributed by atoms with E-state index in [1.807, 2.05) is 61.5 Å². The second kappa shape index (κ2) is 6.05. The fourth-order valence-corrected chi connectivity index (χ4v) is 1.99. The van der Waals surface area contributed by atoms with Gasteiger partial charge in [0.05, 0.1) is 0 Å². The molecule has 0 unspecified atom stereocenters. The SMILES string of the molecule is Cc1cc(C(=N)N)ccc1/C=C\c1ccc(C(=N)N)cc1. The lowest BCUT2D eigenvalue weighted by Gasteiger charge is -2.04. The van der Waals surface area contributed by atoms with Gasteiger partial charge in [-0.3, -0.25) is 10.8 Å². The van der Waals surface area contributed by atoms with E-state index in [4.69, 9.17) is 22.3 Å². The summed E-state index contributed by atoms with van der Waals surface area (Å²) >= 11 is 0. The minimum Gasteiger partial charge on any atom is -0.384 e. The van der Waals surface area contributed by atoms with Gasteiger partial charge in [0, 0.05) is 11.1 Å². The molecule has 0 amide bonds. The van der Waals surface area contributed by atoms with E-state index >= 15 is 0 Å². The van der Waals surface area contributed by atoms with Crippen molar-refractivity contribution in [3.05, 3.63) is 70.3 Å². The van der Waals surface area contributed by atoms with Gasteiger partial charge in [0.1, 0.15) is 11.7 Å². The van der Waals surface area contributed by atoms with Crippen LogP contribution in [0.25, 0.3) is 12.2 Å². The molecule has 0 aliphatic rings. The molecule has 0 saturated heterocycles. The van der Waals surface area contributed by atoms with Gasteiger partial charge in [-0.1, -0.05) is 48.6 Å². The van der Waals surface area contributed by atoms with Gasteiger partial charge < -0.3 is 11.5 Å². The van der Waals surface area contributed by atoms with E-state index in [2.05, 4.69) is 0 Å². The summed E-state index contributed by atoms with van der Waals surface area (Å²) in [6.45, 7) is 1.99. The molecule has 0 saturated carbocycles. The Hall–Kier alpha value is -2.88. The maximum atomic E-state index is 7.43. The van der Waals surface area contributed by atoms with Crippen LogP contribution >= 0.6 is 0 Å². The van der Waals surface area contributed by atoms with Gasteiger partial charge in [-0.05, 0) is 29.7 Å². The van der Waals surface area contributed by atoms with E-state index in [9.17, 15) is 0 Å². The fraction of sp³-hybridized carbons (Fsp3) is 0.0588. The van der Waals surface area contributed by atoms with E-state index in [0.717, 1.165) is 22.3 Å². The lowest BCUT2D eigenvalue weighted by atomic mass is 10.0. The highest BCUT2D eigenvalue weighted by Crippen LogP contribution is 2.15. The van der Waals surface area contributed by atoms with E-state index in [0.29, 0.717) is 5.56 Å². The first kappa shape index (κ1) is 14.5. The molecule has 0 radical (unpaired) electrons. The number of hydrogen-bond donors (Lipinski definition) is 4. The van der Waals surface area contributed by atoms with Gasteiger partial charge in [0.25, 0.3) is 0 Å². The van der Waals surface area contributed by atoms with Crippen LogP contribution in [0.15, 0.2) is 42.5 Å². The van der Waals surface area contributed by atoms with Crippen molar-refractivity contribution in [3.63, 3.8) is 0 Å². The van der Waals surface area contributed by atoms with Gasteiger partial charge in [-0.15, -0.1) is 0 Å². The molecule has 21 heavy (non-hydrogen) atoms. The summed E-state index contributed by atoms with van der Waals surface area (Å²) in [5.41, 5.74) is 15.5. The summed E-state index contributed by atoms with van der Waals surface area (Å²) in [6.07, 6.45) is 4.02. The first-order valence-corrected chi connectivity index (χ1v) is 6.55. The third-order valence-corrected chi connectivity index (χ3v) is 3.26. The second-order valence-corrected chi connectivity index (χ2v) is 4.85. The summed E-state index contributed by atoms with van der Waals surface area (Å²) in [4.78, 5) is 0. The van der Waals surface area contributed by atoms with Crippen molar-refractivity contribution in [3.8, 4) is 0 Å². The van der Waals surface area contributed by atoms with Crippen molar-refractivity contribution in [2.24, 2.45) is 11.5 Å². The van der Waals surface area contributed by atoms with Gasteiger partial charge in [-0.25, -0.2) is 0 Å². The monoisotopic (exact) mass is 278 g/mol. The molecule has 0 aromatic heterocycles. The van der Waals surface area contributed by atoms with Crippen LogP contribution in [-0.2, 0) is 0 Å². The molecular formula is C17H18N4. The highest BCUT2D eigenvalue weighted by molar-refractivity contribution is 5.96. The molecular weight excluding hydrogens is 260 g/mol. The third kappa shape index (κ3) is 3.57. The number of nitrogens with one attached hydrogen (secondary N) is 2. The van der Waals surface area contributed by atoms with E-state index < -0.39 is 0 Å². The summed E-state index contributed by atoms with van der Waals surface area (Å²) in [6, 6.07) is 13.2. The Bertz CT molecular complexity index is 712. The van der Waals surface area contributed by atoms with Crippen molar-refractivity contribution < 1.29 is 0 Å². The van der Waals surface area contributed by atoms with Crippen molar-refractivity contribution in [2.75, 3.05) is 0 Å². The zero-order chi connectivity index (χ0) is 15.4. The molecule has 106 valence electrons. The van der Waals surface area contributed by atoms with Crippen molar-refractivity contribution in [1.82, 2.24) is 0 Å². The van der Waals surface area contributed by atoms with Gasteiger partial charge in [0.15, 0.2) is 0 Å². The minimum absolute atomic E-state index is 0.0706. The average Bonchev–Trinajstić information content (AvgIpc) is 2.46. The molecule has 0 heterocycles. The Labute approximate surface area is 124 Å². The Morgan fingerprint density at radius 3 is 1.95 bits per heavy atom. The highest BCUT2D eigenvalue weighted by Gasteiger charge is 2.00. The maximum Gasteiger partial charge on any atom is 0.122 e. The largest absolute Gasteiger partial charge is 0.384 e. The maximum absolute atomic E-state index is 7.43. The number of rotatable bonds is 4. The first-order valence-electron chi connectivity index (χ1n) is 6.55. The summed E-state index contributed by atoms with van der Waals surface area (Å²) in [7, 11) is 0. The number of aryl methyl sites for hydroxylation is 1. The highest BCUT2D eigenvalue weighted by atomic mass is 14.7. The van der Waals surface area contributed by atoms with Crippen LogP contribution in [0.2, 0.25) is 0 Å². The molecule has 2 rings (SSSR count). The molecule has 0 aliphatic carbocycles. The molecule has 2 aromatic carbocycles. The van der Waals surface area contributed by atoms with Gasteiger partial charge >= 0.3 is 0 Å². The molecule has 0 fully saturated rings. The molecule has 2 aromatic rings. The van der Waals surface area contributed by atoms with E-state index in [1.165, 1.54) is 0 Å². The summed E-state index contributed by atoms with van der Waals surface area (Å²) in [5.74, 6) is 0.148. The fourth-order valence-electron chi connectivity index (χ4n) is 1.99. The molecule has 0 bridgehead atoms. The number of nitrogen functional groups attached to an aromatic ring is 2.